The van der Waals surface area contributed by atoms with Crippen LogP contribution in [0.25, 0.3) is 0 Å². The van der Waals surface area contributed by atoms with E-state index in [-0.39, 0.29) is 11.9 Å². The van der Waals surface area contributed by atoms with Gasteiger partial charge in [0.15, 0.2) is 0 Å². The lowest BCUT2D eigenvalue weighted by Gasteiger charge is -2.12. The van der Waals surface area contributed by atoms with Crippen molar-refractivity contribution in [3.63, 3.8) is 0 Å². The van der Waals surface area contributed by atoms with Crippen molar-refractivity contribution >= 4 is 0 Å². The molecule has 1 atom stereocenters. The predicted molar refractivity (Wildman–Crippen MR) is 46.9 cm³/mol. The molecule has 0 unspecified atom stereocenters. The largest absolute Gasteiger partial charge is 0.508 e. The summed E-state index contributed by atoms with van der Waals surface area (Å²) >= 11 is 0. The van der Waals surface area contributed by atoms with E-state index >= 15 is 0 Å². The van der Waals surface area contributed by atoms with Gasteiger partial charge >= 0.3 is 0 Å². The second-order valence-corrected chi connectivity index (χ2v) is 2.55. The number of hydrogen-bond donors (Lipinski definition) is 2. The fourth-order valence-corrected chi connectivity index (χ4v) is 1.06. The first-order valence-electron chi connectivity index (χ1n) is 3.79. The number of phenols is 1. The second kappa shape index (κ2) is 4.09. The van der Waals surface area contributed by atoms with Gasteiger partial charge in [-0.2, -0.15) is 0 Å². The zero-order chi connectivity index (χ0) is 8.97. The zero-order valence-corrected chi connectivity index (χ0v) is 7.03. The molecule has 0 aliphatic rings. The summed E-state index contributed by atoms with van der Waals surface area (Å²) in [7, 11) is 1.62. The SMILES string of the molecule is CO[C@H](CN)c1ccc(O)cc1. The van der Waals surface area contributed by atoms with E-state index in [9.17, 15) is 0 Å². The molecule has 1 rings (SSSR count). The molecule has 0 aliphatic heterocycles. The first-order valence-corrected chi connectivity index (χ1v) is 3.79. The Morgan fingerprint density at radius 1 is 1.42 bits per heavy atom. The highest BCUT2D eigenvalue weighted by atomic mass is 16.5. The number of phenolic OH excluding ortho intramolecular Hbond substituents is 1. The molecule has 66 valence electrons. The van der Waals surface area contributed by atoms with Crippen LogP contribution in [0.15, 0.2) is 24.3 Å². The van der Waals surface area contributed by atoms with Crippen LogP contribution in [0.2, 0.25) is 0 Å². The molecule has 0 bridgehead atoms. The molecule has 0 amide bonds. The number of aromatic hydroxyl groups is 1. The Labute approximate surface area is 71.8 Å². The van der Waals surface area contributed by atoms with Crippen LogP contribution in [0.4, 0.5) is 0 Å². The van der Waals surface area contributed by atoms with Gasteiger partial charge in [0.25, 0.3) is 0 Å². The van der Waals surface area contributed by atoms with E-state index in [0.717, 1.165) is 5.56 Å². The Hall–Kier alpha value is -1.06. The van der Waals surface area contributed by atoms with Gasteiger partial charge in [0, 0.05) is 13.7 Å². The molecule has 3 heteroatoms. The summed E-state index contributed by atoms with van der Waals surface area (Å²) in [5.41, 5.74) is 6.45. The Bertz CT molecular complexity index is 229. The van der Waals surface area contributed by atoms with Gasteiger partial charge in [-0.25, -0.2) is 0 Å². The predicted octanol–water partition coefficient (Wildman–Crippen LogP) is 1.04. The number of ether oxygens (including phenoxy) is 1. The Kier molecular flexibility index (Phi) is 3.08. The maximum atomic E-state index is 9.01. The molecule has 1 aromatic rings. The third kappa shape index (κ3) is 1.96. The van der Waals surface area contributed by atoms with Crippen LogP contribution in [0, 0.1) is 0 Å². The van der Waals surface area contributed by atoms with Gasteiger partial charge in [-0.05, 0) is 17.7 Å². The molecule has 0 aliphatic carbocycles. The van der Waals surface area contributed by atoms with Gasteiger partial charge in [-0.15, -0.1) is 0 Å². The first-order chi connectivity index (χ1) is 5.77. The quantitative estimate of drug-likeness (QED) is 0.707. The number of benzene rings is 1. The lowest BCUT2D eigenvalue weighted by atomic mass is 10.1. The maximum absolute atomic E-state index is 9.01. The van der Waals surface area contributed by atoms with Crippen molar-refractivity contribution in [3.05, 3.63) is 29.8 Å². The van der Waals surface area contributed by atoms with Crippen LogP contribution in [0.3, 0.4) is 0 Å². The normalized spacial score (nSPS) is 12.8. The van der Waals surface area contributed by atoms with E-state index in [0.29, 0.717) is 6.54 Å². The Morgan fingerprint density at radius 2 is 2.00 bits per heavy atom. The molecule has 0 heterocycles. The average Bonchev–Trinajstić information content (AvgIpc) is 2.10. The fraction of sp³-hybridized carbons (Fsp3) is 0.333. The molecule has 0 fully saturated rings. The lowest BCUT2D eigenvalue weighted by Crippen LogP contribution is -2.13. The maximum Gasteiger partial charge on any atom is 0.115 e. The van der Waals surface area contributed by atoms with Crippen molar-refractivity contribution in [1.82, 2.24) is 0 Å². The van der Waals surface area contributed by atoms with E-state index in [2.05, 4.69) is 0 Å². The Balaban J connectivity index is 2.80. The van der Waals surface area contributed by atoms with E-state index in [1.165, 1.54) is 0 Å². The summed E-state index contributed by atoms with van der Waals surface area (Å²) in [6.45, 7) is 0.446. The summed E-state index contributed by atoms with van der Waals surface area (Å²) in [5, 5.41) is 9.01. The number of nitrogens with two attached hydrogens (primary N) is 1. The van der Waals surface area contributed by atoms with Crippen LogP contribution in [0.1, 0.15) is 11.7 Å². The second-order valence-electron chi connectivity index (χ2n) is 2.55. The summed E-state index contributed by atoms with van der Waals surface area (Å²) < 4.78 is 5.12. The molecular weight excluding hydrogens is 154 g/mol. The zero-order valence-electron chi connectivity index (χ0n) is 7.03. The van der Waals surface area contributed by atoms with Crippen LogP contribution in [-0.4, -0.2) is 18.8 Å². The van der Waals surface area contributed by atoms with Gasteiger partial charge in [-0.3, -0.25) is 0 Å². The standard InChI is InChI=1S/C9H13NO2/c1-12-9(6-10)7-2-4-8(11)5-3-7/h2-5,9,11H,6,10H2,1H3/t9-/m1/s1. The highest BCUT2D eigenvalue weighted by molar-refractivity contribution is 5.27. The molecule has 1 aromatic carbocycles. The smallest absolute Gasteiger partial charge is 0.115 e. The Morgan fingerprint density at radius 3 is 2.42 bits per heavy atom. The molecule has 3 nitrogen and oxygen atoms in total. The van der Waals surface area contributed by atoms with Crippen molar-refractivity contribution in [2.24, 2.45) is 5.73 Å². The monoisotopic (exact) mass is 167 g/mol. The topological polar surface area (TPSA) is 55.5 Å². The molecule has 12 heavy (non-hydrogen) atoms. The number of methoxy groups -OCH3 is 1. The van der Waals surface area contributed by atoms with Gasteiger partial charge in [0.05, 0.1) is 6.10 Å². The highest BCUT2D eigenvalue weighted by Gasteiger charge is 2.06. The summed E-state index contributed by atoms with van der Waals surface area (Å²) in [5.74, 6) is 0.255. The van der Waals surface area contributed by atoms with E-state index < -0.39 is 0 Å². The van der Waals surface area contributed by atoms with Crippen molar-refractivity contribution in [2.75, 3.05) is 13.7 Å². The van der Waals surface area contributed by atoms with Gasteiger partial charge in [0.1, 0.15) is 5.75 Å². The van der Waals surface area contributed by atoms with Crippen molar-refractivity contribution in [2.45, 2.75) is 6.10 Å². The number of rotatable bonds is 3. The van der Waals surface area contributed by atoms with Gasteiger partial charge in [-0.1, -0.05) is 12.1 Å². The minimum atomic E-state index is -0.0781. The van der Waals surface area contributed by atoms with E-state index in [4.69, 9.17) is 15.6 Å². The van der Waals surface area contributed by atoms with E-state index in [1.807, 2.05) is 0 Å². The molecule has 0 saturated carbocycles. The van der Waals surface area contributed by atoms with Crippen molar-refractivity contribution in [3.8, 4) is 5.75 Å². The highest BCUT2D eigenvalue weighted by Crippen LogP contribution is 2.17. The molecule has 3 N–H and O–H groups in total. The third-order valence-electron chi connectivity index (χ3n) is 1.76. The van der Waals surface area contributed by atoms with Crippen LogP contribution >= 0.6 is 0 Å². The minimum absolute atomic E-state index is 0.0781. The third-order valence-corrected chi connectivity index (χ3v) is 1.76. The van der Waals surface area contributed by atoms with Crippen LogP contribution < -0.4 is 5.73 Å². The molecule has 0 saturated heterocycles. The lowest BCUT2D eigenvalue weighted by molar-refractivity contribution is 0.110. The average molecular weight is 167 g/mol. The van der Waals surface area contributed by atoms with Crippen LogP contribution in [-0.2, 0) is 4.74 Å². The van der Waals surface area contributed by atoms with Gasteiger partial charge < -0.3 is 15.6 Å². The van der Waals surface area contributed by atoms with Crippen molar-refractivity contribution < 1.29 is 9.84 Å². The van der Waals surface area contributed by atoms with E-state index in [1.54, 1.807) is 31.4 Å². The summed E-state index contributed by atoms with van der Waals surface area (Å²) in [6, 6.07) is 6.85. The summed E-state index contributed by atoms with van der Waals surface area (Å²) in [4.78, 5) is 0. The van der Waals surface area contributed by atoms with Crippen LogP contribution in [0.5, 0.6) is 5.75 Å². The van der Waals surface area contributed by atoms with Crippen molar-refractivity contribution in [1.29, 1.82) is 0 Å². The molecular formula is C9H13NO2. The molecule has 0 aromatic heterocycles. The number of hydrogen-bond acceptors (Lipinski definition) is 3. The minimum Gasteiger partial charge on any atom is -0.508 e. The molecule has 0 radical (unpaired) electrons. The first kappa shape index (κ1) is 9.03. The summed E-state index contributed by atoms with van der Waals surface area (Å²) in [6.07, 6.45) is -0.0781. The molecule has 0 spiro atoms. The fourth-order valence-electron chi connectivity index (χ4n) is 1.06. The van der Waals surface area contributed by atoms with Gasteiger partial charge in [0.2, 0.25) is 0 Å².